The lowest BCUT2D eigenvalue weighted by Gasteiger charge is -2.05. The molecule has 104 valence electrons. The van der Waals surface area contributed by atoms with Crippen molar-refractivity contribution in [3.05, 3.63) is 48.2 Å². The van der Waals surface area contributed by atoms with Crippen LogP contribution in [0.3, 0.4) is 0 Å². The van der Waals surface area contributed by atoms with Crippen LogP contribution in [0.4, 0.5) is 5.82 Å². The Hall–Kier alpha value is -2.25. The van der Waals surface area contributed by atoms with Crippen molar-refractivity contribution in [1.82, 2.24) is 4.98 Å². The quantitative estimate of drug-likeness (QED) is 0.729. The van der Waals surface area contributed by atoms with E-state index < -0.39 is 17.0 Å². The number of nitrogens with zero attached hydrogens (tertiary/aromatic N) is 1. The molecule has 2 aromatic rings. The Kier molecular flexibility index (Phi) is 4.44. The van der Waals surface area contributed by atoms with E-state index in [2.05, 4.69) is 10.3 Å². The van der Waals surface area contributed by atoms with Gasteiger partial charge in [-0.1, -0.05) is 12.1 Å². The van der Waals surface area contributed by atoms with Crippen LogP contribution in [-0.4, -0.2) is 30.7 Å². The summed E-state index contributed by atoms with van der Waals surface area (Å²) in [6, 6.07) is 9.95. The maximum absolute atomic E-state index is 10.8. The molecule has 0 fully saturated rings. The number of carboxylic acids is 1. The van der Waals surface area contributed by atoms with Crippen molar-refractivity contribution in [3.63, 3.8) is 0 Å². The van der Waals surface area contributed by atoms with Crippen molar-refractivity contribution in [1.29, 1.82) is 0 Å². The van der Waals surface area contributed by atoms with E-state index in [-0.39, 0.29) is 11.4 Å². The van der Waals surface area contributed by atoms with E-state index in [1.54, 1.807) is 30.5 Å². The third-order valence-corrected chi connectivity index (χ3v) is 3.00. The highest BCUT2D eigenvalue weighted by Crippen LogP contribution is 2.20. The normalized spacial score (nSPS) is 11.8. The topological polar surface area (TPSA) is 99.5 Å². The zero-order valence-corrected chi connectivity index (χ0v) is 11.1. The van der Waals surface area contributed by atoms with Crippen molar-refractivity contribution in [2.24, 2.45) is 0 Å². The molecular formula is C13H12N2O4S. The van der Waals surface area contributed by atoms with Gasteiger partial charge in [0.05, 0.1) is 5.56 Å². The number of hydrogen-bond donors (Lipinski definition) is 3. The van der Waals surface area contributed by atoms with Gasteiger partial charge in [-0.05, 0) is 29.8 Å². The Morgan fingerprint density at radius 1 is 1.15 bits per heavy atom. The van der Waals surface area contributed by atoms with Crippen LogP contribution in [0.1, 0.15) is 10.4 Å². The fourth-order valence-corrected chi connectivity index (χ4v) is 1.88. The summed E-state index contributed by atoms with van der Waals surface area (Å²) in [5, 5.41) is 11.5. The van der Waals surface area contributed by atoms with Crippen molar-refractivity contribution < 1.29 is 18.7 Å². The number of nitrogens with one attached hydrogen (secondary N) is 1. The van der Waals surface area contributed by atoms with E-state index in [0.717, 1.165) is 11.1 Å². The SMILES string of the molecule is O=C(O)c1ccc(-c2ccc(NCS(=O)O)nc2)cc1. The van der Waals surface area contributed by atoms with E-state index in [1.165, 1.54) is 12.1 Å². The number of aromatic carboxylic acids is 1. The minimum Gasteiger partial charge on any atom is -0.478 e. The third kappa shape index (κ3) is 3.62. The van der Waals surface area contributed by atoms with E-state index in [9.17, 15) is 9.00 Å². The Morgan fingerprint density at radius 2 is 1.80 bits per heavy atom. The zero-order chi connectivity index (χ0) is 14.5. The first-order valence-corrected chi connectivity index (χ1v) is 6.95. The largest absolute Gasteiger partial charge is 0.478 e. The minimum absolute atomic E-state index is 0.0837. The molecule has 1 aromatic heterocycles. The van der Waals surface area contributed by atoms with Gasteiger partial charge in [-0.2, -0.15) is 0 Å². The minimum atomic E-state index is -1.92. The number of pyridine rings is 1. The molecule has 0 aliphatic heterocycles. The lowest BCUT2D eigenvalue weighted by Crippen LogP contribution is -2.07. The van der Waals surface area contributed by atoms with Gasteiger partial charge in [0, 0.05) is 11.8 Å². The molecular weight excluding hydrogens is 280 g/mol. The molecule has 1 heterocycles. The highest BCUT2D eigenvalue weighted by atomic mass is 32.2. The van der Waals surface area contributed by atoms with Crippen molar-refractivity contribution in [2.45, 2.75) is 0 Å². The van der Waals surface area contributed by atoms with Crippen LogP contribution < -0.4 is 5.32 Å². The molecule has 0 aliphatic rings. The van der Waals surface area contributed by atoms with Crippen LogP contribution in [0.5, 0.6) is 0 Å². The first kappa shape index (κ1) is 14.2. The highest BCUT2D eigenvalue weighted by Gasteiger charge is 2.04. The molecule has 0 aliphatic carbocycles. The van der Waals surface area contributed by atoms with E-state index in [0.29, 0.717) is 5.82 Å². The van der Waals surface area contributed by atoms with E-state index in [1.807, 2.05) is 0 Å². The van der Waals surface area contributed by atoms with Crippen LogP contribution in [0.15, 0.2) is 42.6 Å². The third-order valence-electron chi connectivity index (χ3n) is 2.61. The number of carboxylic acid groups (broad SMARTS) is 1. The number of rotatable bonds is 5. The average Bonchev–Trinajstić information content (AvgIpc) is 2.46. The van der Waals surface area contributed by atoms with Crippen molar-refractivity contribution >= 4 is 22.9 Å². The van der Waals surface area contributed by atoms with Gasteiger partial charge in [-0.3, -0.25) is 0 Å². The van der Waals surface area contributed by atoms with Gasteiger partial charge in [-0.15, -0.1) is 0 Å². The summed E-state index contributed by atoms with van der Waals surface area (Å²) in [7, 11) is 0. The number of hydrogen-bond acceptors (Lipinski definition) is 4. The smallest absolute Gasteiger partial charge is 0.335 e. The summed E-state index contributed by atoms with van der Waals surface area (Å²) < 4.78 is 19.2. The molecule has 0 bridgehead atoms. The molecule has 6 nitrogen and oxygen atoms in total. The van der Waals surface area contributed by atoms with Gasteiger partial charge in [0.2, 0.25) is 0 Å². The molecule has 1 aromatic carbocycles. The van der Waals surface area contributed by atoms with Gasteiger partial charge in [0.15, 0.2) is 11.1 Å². The monoisotopic (exact) mass is 292 g/mol. The fraction of sp³-hybridized carbons (Fsp3) is 0.0769. The number of anilines is 1. The van der Waals surface area contributed by atoms with Gasteiger partial charge >= 0.3 is 5.97 Å². The molecule has 0 amide bonds. The average molecular weight is 292 g/mol. The molecule has 2 rings (SSSR count). The van der Waals surface area contributed by atoms with Crippen LogP contribution >= 0.6 is 0 Å². The Balaban J connectivity index is 2.13. The Bertz CT molecular complexity index is 626. The van der Waals surface area contributed by atoms with Gasteiger partial charge in [0.25, 0.3) is 0 Å². The molecule has 0 spiro atoms. The van der Waals surface area contributed by atoms with Gasteiger partial charge < -0.3 is 15.0 Å². The van der Waals surface area contributed by atoms with Crippen LogP contribution in [0, 0.1) is 0 Å². The summed E-state index contributed by atoms with van der Waals surface area (Å²) in [6.07, 6.45) is 1.61. The lowest BCUT2D eigenvalue weighted by molar-refractivity contribution is 0.0697. The van der Waals surface area contributed by atoms with Crippen LogP contribution in [-0.2, 0) is 11.1 Å². The summed E-state index contributed by atoms with van der Waals surface area (Å²) in [5.74, 6) is -0.552. The van der Waals surface area contributed by atoms with Gasteiger partial charge in [0.1, 0.15) is 11.7 Å². The molecule has 0 radical (unpaired) electrons. The molecule has 1 atom stereocenters. The molecule has 1 unspecified atom stereocenters. The Morgan fingerprint density at radius 3 is 2.30 bits per heavy atom. The molecule has 3 N–H and O–H groups in total. The molecule has 20 heavy (non-hydrogen) atoms. The number of aromatic nitrogens is 1. The number of benzene rings is 1. The standard InChI is InChI=1S/C13H12N2O4S/c16-13(17)10-3-1-9(2-4-10)11-5-6-12(14-7-11)15-8-20(18)19/h1-7H,8H2,(H,14,15)(H,16,17)(H,18,19). The second-order valence-electron chi connectivity index (χ2n) is 3.96. The summed E-state index contributed by atoms with van der Waals surface area (Å²) >= 11 is -1.92. The van der Waals surface area contributed by atoms with E-state index >= 15 is 0 Å². The maximum atomic E-state index is 10.8. The van der Waals surface area contributed by atoms with E-state index in [4.69, 9.17) is 9.66 Å². The maximum Gasteiger partial charge on any atom is 0.335 e. The van der Waals surface area contributed by atoms with Gasteiger partial charge in [-0.25, -0.2) is 14.0 Å². The molecule has 0 saturated heterocycles. The summed E-state index contributed by atoms with van der Waals surface area (Å²) in [5.41, 5.74) is 1.91. The van der Waals surface area contributed by atoms with Crippen LogP contribution in [0.25, 0.3) is 11.1 Å². The zero-order valence-electron chi connectivity index (χ0n) is 10.3. The van der Waals surface area contributed by atoms with Crippen molar-refractivity contribution in [2.75, 3.05) is 11.2 Å². The predicted molar refractivity (Wildman–Crippen MR) is 75.9 cm³/mol. The second-order valence-corrected chi connectivity index (χ2v) is 4.89. The molecule has 0 saturated carbocycles. The highest BCUT2D eigenvalue weighted by molar-refractivity contribution is 7.79. The summed E-state index contributed by atoms with van der Waals surface area (Å²) in [6.45, 7) is 0. The lowest BCUT2D eigenvalue weighted by atomic mass is 10.1. The first-order chi connectivity index (χ1) is 9.56. The predicted octanol–water partition coefficient (Wildman–Crippen LogP) is 2.04. The Labute approximate surface area is 117 Å². The fourth-order valence-electron chi connectivity index (χ4n) is 1.61. The summed E-state index contributed by atoms with van der Waals surface area (Å²) in [4.78, 5) is 14.9. The second kappa shape index (κ2) is 6.27. The molecule has 7 heteroatoms. The number of carbonyl (C=O) groups is 1. The van der Waals surface area contributed by atoms with Crippen molar-refractivity contribution in [3.8, 4) is 11.1 Å². The van der Waals surface area contributed by atoms with Crippen LogP contribution in [0.2, 0.25) is 0 Å². The first-order valence-electron chi connectivity index (χ1n) is 5.67.